The SMILES string of the molecule is Brc1cc2c(s1)CCCC2Nc1ccc2nccnc2c1. The molecule has 106 valence electrons. The number of nitrogens with one attached hydrogen (secondary N) is 1. The number of anilines is 1. The third-order valence-electron chi connectivity index (χ3n) is 3.89. The number of benzene rings is 1. The van der Waals surface area contributed by atoms with Crippen LogP contribution in [0.5, 0.6) is 0 Å². The maximum Gasteiger partial charge on any atom is 0.0907 e. The Morgan fingerprint density at radius 2 is 2.00 bits per heavy atom. The average molecular weight is 360 g/mol. The molecule has 21 heavy (non-hydrogen) atoms. The molecule has 0 aliphatic heterocycles. The van der Waals surface area contributed by atoms with Gasteiger partial charge in [-0.25, -0.2) is 0 Å². The summed E-state index contributed by atoms with van der Waals surface area (Å²) in [7, 11) is 0. The second-order valence-corrected chi connectivity index (χ2v) is 7.79. The molecule has 2 aromatic heterocycles. The smallest absolute Gasteiger partial charge is 0.0907 e. The van der Waals surface area contributed by atoms with Gasteiger partial charge in [-0.1, -0.05) is 0 Å². The molecule has 0 radical (unpaired) electrons. The van der Waals surface area contributed by atoms with Crippen LogP contribution in [0.1, 0.15) is 29.3 Å². The molecule has 0 spiro atoms. The lowest BCUT2D eigenvalue weighted by Gasteiger charge is -2.24. The average Bonchev–Trinajstić information content (AvgIpc) is 2.89. The number of halogens is 1. The molecular weight excluding hydrogens is 346 g/mol. The predicted molar refractivity (Wildman–Crippen MR) is 90.9 cm³/mol. The van der Waals surface area contributed by atoms with Crippen molar-refractivity contribution in [3.05, 3.63) is 50.9 Å². The summed E-state index contributed by atoms with van der Waals surface area (Å²) < 4.78 is 1.23. The normalized spacial score (nSPS) is 17.7. The van der Waals surface area contributed by atoms with Crippen LogP contribution in [0, 0.1) is 0 Å². The molecule has 5 heteroatoms. The lowest BCUT2D eigenvalue weighted by Crippen LogP contribution is -2.15. The quantitative estimate of drug-likeness (QED) is 0.703. The Labute approximate surface area is 135 Å². The van der Waals surface area contributed by atoms with Gasteiger partial charge in [0.2, 0.25) is 0 Å². The molecule has 4 rings (SSSR count). The highest BCUT2D eigenvalue weighted by Gasteiger charge is 2.22. The highest BCUT2D eigenvalue weighted by atomic mass is 79.9. The topological polar surface area (TPSA) is 37.8 Å². The van der Waals surface area contributed by atoms with Crippen molar-refractivity contribution < 1.29 is 0 Å². The third kappa shape index (κ3) is 2.56. The van der Waals surface area contributed by atoms with E-state index in [0.29, 0.717) is 6.04 Å². The van der Waals surface area contributed by atoms with Gasteiger partial charge in [0.25, 0.3) is 0 Å². The molecule has 1 N–H and O–H groups in total. The van der Waals surface area contributed by atoms with Crippen molar-refractivity contribution in [2.24, 2.45) is 0 Å². The summed E-state index contributed by atoms with van der Waals surface area (Å²) >= 11 is 5.47. The number of fused-ring (bicyclic) bond motifs is 2. The minimum absolute atomic E-state index is 0.394. The van der Waals surface area contributed by atoms with Gasteiger partial charge in [0.05, 0.1) is 20.9 Å². The van der Waals surface area contributed by atoms with E-state index in [4.69, 9.17) is 0 Å². The summed E-state index contributed by atoms with van der Waals surface area (Å²) in [6.45, 7) is 0. The van der Waals surface area contributed by atoms with E-state index in [0.717, 1.165) is 16.7 Å². The Hall–Kier alpha value is -1.46. The van der Waals surface area contributed by atoms with Crippen LogP contribution in [0.3, 0.4) is 0 Å². The van der Waals surface area contributed by atoms with E-state index in [2.05, 4.69) is 49.4 Å². The fourth-order valence-corrected chi connectivity index (χ4v) is 4.75. The molecule has 1 aromatic carbocycles. The molecule has 0 saturated carbocycles. The number of hydrogen-bond donors (Lipinski definition) is 1. The molecule has 1 unspecified atom stereocenters. The van der Waals surface area contributed by atoms with Gasteiger partial charge in [0, 0.05) is 23.0 Å². The molecule has 0 saturated heterocycles. The molecule has 1 aliphatic rings. The molecule has 1 aliphatic carbocycles. The zero-order chi connectivity index (χ0) is 14.2. The van der Waals surface area contributed by atoms with Gasteiger partial charge in [0.15, 0.2) is 0 Å². The Morgan fingerprint density at radius 3 is 2.90 bits per heavy atom. The summed E-state index contributed by atoms with van der Waals surface area (Å²) in [6.07, 6.45) is 7.08. The van der Waals surface area contributed by atoms with Crippen LogP contribution in [0.2, 0.25) is 0 Å². The number of nitrogens with zero attached hydrogens (tertiary/aromatic N) is 2. The standard InChI is InChI=1S/C16H14BrN3S/c17-16-9-11-12(2-1-3-15(11)21-16)20-10-4-5-13-14(8-10)19-7-6-18-13/h4-9,12,20H,1-3H2. The van der Waals surface area contributed by atoms with Gasteiger partial charge in [-0.15, -0.1) is 11.3 Å². The minimum Gasteiger partial charge on any atom is -0.378 e. The van der Waals surface area contributed by atoms with Crippen LogP contribution in [0.25, 0.3) is 11.0 Å². The van der Waals surface area contributed by atoms with Crippen LogP contribution in [0.4, 0.5) is 5.69 Å². The van der Waals surface area contributed by atoms with Gasteiger partial charge in [-0.3, -0.25) is 9.97 Å². The lowest BCUT2D eigenvalue weighted by atomic mass is 9.94. The maximum absolute atomic E-state index is 4.38. The Bertz CT molecular complexity index is 799. The molecule has 0 bridgehead atoms. The van der Waals surface area contributed by atoms with Crippen LogP contribution in [-0.4, -0.2) is 9.97 Å². The highest BCUT2D eigenvalue weighted by Crippen LogP contribution is 2.39. The van der Waals surface area contributed by atoms with Crippen LogP contribution >= 0.6 is 27.3 Å². The summed E-state index contributed by atoms with van der Waals surface area (Å²) in [5, 5.41) is 3.66. The van der Waals surface area contributed by atoms with Crippen LogP contribution < -0.4 is 5.32 Å². The first-order chi connectivity index (χ1) is 10.3. The minimum atomic E-state index is 0.394. The van der Waals surface area contributed by atoms with E-state index in [1.807, 2.05) is 17.4 Å². The number of thiophene rings is 1. The molecule has 1 atom stereocenters. The van der Waals surface area contributed by atoms with Gasteiger partial charge in [0.1, 0.15) is 0 Å². The number of rotatable bonds is 2. The maximum atomic E-state index is 4.38. The van der Waals surface area contributed by atoms with Gasteiger partial charge >= 0.3 is 0 Å². The molecular formula is C16H14BrN3S. The predicted octanol–water partition coefficient (Wildman–Crippen LogP) is 4.94. The molecule has 2 heterocycles. The van der Waals surface area contributed by atoms with Crippen molar-refractivity contribution in [2.45, 2.75) is 25.3 Å². The number of aromatic nitrogens is 2. The molecule has 0 amide bonds. The Kier molecular flexibility index (Phi) is 3.39. The van der Waals surface area contributed by atoms with E-state index in [1.165, 1.54) is 33.5 Å². The van der Waals surface area contributed by atoms with Crippen molar-refractivity contribution in [3.8, 4) is 0 Å². The summed E-state index contributed by atoms with van der Waals surface area (Å²) in [4.78, 5) is 10.2. The number of hydrogen-bond acceptors (Lipinski definition) is 4. The summed E-state index contributed by atoms with van der Waals surface area (Å²) in [6, 6.07) is 8.85. The first-order valence-electron chi connectivity index (χ1n) is 7.05. The number of aryl methyl sites for hydroxylation is 1. The Morgan fingerprint density at radius 1 is 1.14 bits per heavy atom. The molecule has 0 fully saturated rings. The first kappa shape index (κ1) is 13.2. The van der Waals surface area contributed by atoms with E-state index >= 15 is 0 Å². The van der Waals surface area contributed by atoms with Crippen LogP contribution in [0.15, 0.2) is 40.4 Å². The van der Waals surface area contributed by atoms with Gasteiger partial charge < -0.3 is 5.32 Å². The Balaban J connectivity index is 1.66. The van der Waals surface area contributed by atoms with Gasteiger partial charge in [-0.2, -0.15) is 0 Å². The largest absolute Gasteiger partial charge is 0.378 e. The van der Waals surface area contributed by atoms with Crippen molar-refractivity contribution in [1.29, 1.82) is 0 Å². The second-order valence-electron chi connectivity index (χ2n) is 5.28. The summed E-state index contributed by atoms with van der Waals surface area (Å²) in [5.41, 5.74) is 4.43. The first-order valence-corrected chi connectivity index (χ1v) is 8.66. The monoisotopic (exact) mass is 359 g/mol. The van der Waals surface area contributed by atoms with E-state index in [1.54, 1.807) is 12.4 Å². The van der Waals surface area contributed by atoms with Gasteiger partial charge in [-0.05, 0) is 65.0 Å². The third-order valence-corrected chi connectivity index (χ3v) is 5.61. The van der Waals surface area contributed by atoms with E-state index in [-0.39, 0.29) is 0 Å². The van der Waals surface area contributed by atoms with Crippen molar-refractivity contribution in [3.63, 3.8) is 0 Å². The lowest BCUT2D eigenvalue weighted by molar-refractivity contribution is 0.609. The van der Waals surface area contributed by atoms with Crippen molar-refractivity contribution in [2.75, 3.05) is 5.32 Å². The highest BCUT2D eigenvalue weighted by molar-refractivity contribution is 9.11. The zero-order valence-electron chi connectivity index (χ0n) is 11.3. The molecule has 3 nitrogen and oxygen atoms in total. The second kappa shape index (κ2) is 5.39. The fraction of sp³-hybridized carbons (Fsp3) is 0.250. The van der Waals surface area contributed by atoms with Crippen LogP contribution in [-0.2, 0) is 6.42 Å². The van der Waals surface area contributed by atoms with E-state index in [9.17, 15) is 0 Å². The fourth-order valence-electron chi connectivity index (χ4n) is 2.93. The van der Waals surface area contributed by atoms with Crippen molar-refractivity contribution >= 4 is 44.0 Å². The molecule has 3 aromatic rings. The van der Waals surface area contributed by atoms with Crippen molar-refractivity contribution in [1.82, 2.24) is 9.97 Å². The van der Waals surface area contributed by atoms with E-state index < -0.39 is 0 Å². The summed E-state index contributed by atoms with van der Waals surface area (Å²) in [5.74, 6) is 0. The zero-order valence-corrected chi connectivity index (χ0v) is 13.7.